The van der Waals surface area contributed by atoms with E-state index >= 15 is 0 Å². The van der Waals surface area contributed by atoms with E-state index in [9.17, 15) is 5.11 Å². The van der Waals surface area contributed by atoms with Crippen molar-refractivity contribution in [3.05, 3.63) is 29.3 Å². The van der Waals surface area contributed by atoms with E-state index in [-0.39, 0.29) is 0 Å². The smallest absolute Gasteiger partial charge is 0.121 e. The highest BCUT2D eigenvalue weighted by Crippen LogP contribution is 2.41. The van der Waals surface area contributed by atoms with Crippen molar-refractivity contribution in [2.75, 3.05) is 7.11 Å². The Balaban J connectivity index is 1.91. The molecule has 0 aliphatic carbocycles. The zero-order chi connectivity index (χ0) is 12.8. The Hall–Kier alpha value is -1.06. The number of aliphatic hydroxyl groups is 1. The molecule has 2 atom stereocenters. The minimum atomic E-state index is -0.659. The summed E-state index contributed by atoms with van der Waals surface area (Å²) in [5, 5.41) is 14.5. The topological polar surface area (TPSA) is 41.5 Å². The maximum atomic E-state index is 10.9. The average Bonchev–Trinajstić information content (AvgIpc) is 2.69. The number of aryl methyl sites for hydroxylation is 1. The lowest BCUT2D eigenvalue weighted by Crippen LogP contribution is -2.46. The number of hydrogen-bond acceptors (Lipinski definition) is 3. The number of benzene rings is 1. The molecule has 3 nitrogen and oxygen atoms in total. The van der Waals surface area contributed by atoms with Crippen molar-refractivity contribution < 1.29 is 9.84 Å². The molecule has 0 radical (unpaired) electrons. The van der Waals surface area contributed by atoms with Gasteiger partial charge in [-0.15, -0.1) is 0 Å². The van der Waals surface area contributed by atoms with Crippen LogP contribution in [0, 0.1) is 6.92 Å². The largest absolute Gasteiger partial charge is 0.496 e. The lowest BCUT2D eigenvalue weighted by atomic mass is 9.81. The van der Waals surface area contributed by atoms with Gasteiger partial charge in [-0.3, -0.25) is 0 Å². The van der Waals surface area contributed by atoms with Crippen LogP contribution in [0.15, 0.2) is 18.2 Å². The van der Waals surface area contributed by atoms with Crippen molar-refractivity contribution in [1.29, 1.82) is 0 Å². The second kappa shape index (κ2) is 4.25. The van der Waals surface area contributed by atoms with Crippen molar-refractivity contribution in [1.82, 2.24) is 5.32 Å². The minimum absolute atomic E-state index is 0.483. The molecule has 2 aliphatic rings. The summed E-state index contributed by atoms with van der Waals surface area (Å²) in [5.41, 5.74) is 1.47. The molecule has 1 aromatic carbocycles. The van der Waals surface area contributed by atoms with E-state index < -0.39 is 5.60 Å². The Kier molecular flexibility index (Phi) is 2.83. The van der Waals surface area contributed by atoms with Gasteiger partial charge in [0.05, 0.1) is 12.7 Å². The molecule has 0 spiro atoms. The van der Waals surface area contributed by atoms with Crippen LogP contribution < -0.4 is 10.1 Å². The van der Waals surface area contributed by atoms with Crippen LogP contribution in [-0.4, -0.2) is 24.3 Å². The quantitative estimate of drug-likeness (QED) is 0.841. The zero-order valence-corrected chi connectivity index (χ0v) is 11.1. The molecule has 0 aromatic heterocycles. The molecule has 98 valence electrons. The van der Waals surface area contributed by atoms with Gasteiger partial charge in [0.25, 0.3) is 0 Å². The van der Waals surface area contributed by atoms with Crippen LogP contribution in [0.4, 0.5) is 0 Å². The molecule has 2 aliphatic heterocycles. The highest BCUT2D eigenvalue weighted by molar-refractivity contribution is 5.39. The molecule has 2 N–H and O–H groups in total. The van der Waals surface area contributed by atoms with Crippen LogP contribution in [0.25, 0.3) is 0 Å². The fourth-order valence-corrected chi connectivity index (χ4v) is 3.53. The molecule has 2 bridgehead atoms. The molecule has 0 saturated carbocycles. The van der Waals surface area contributed by atoms with Crippen LogP contribution in [0.3, 0.4) is 0 Å². The number of rotatable bonds is 2. The van der Waals surface area contributed by atoms with E-state index in [0.717, 1.165) is 29.7 Å². The van der Waals surface area contributed by atoms with Crippen LogP contribution in [0.1, 0.15) is 36.8 Å². The molecule has 2 fully saturated rings. The maximum absolute atomic E-state index is 10.9. The van der Waals surface area contributed by atoms with Gasteiger partial charge in [0.15, 0.2) is 0 Å². The van der Waals surface area contributed by atoms with E-state index in [1.54, 1.807) is 7.11 Å². The van der Waals surface area contributed by atoms with E-state index in [2.05, 4.69) is 11.4 Å². The molecule has 3 heteroatoms. The fraction of sp³-hybridized carbons (Fsp3) is 0.600. The van der Waals surface area contributed by atoms with Crippen LogP contribution in [-0.2, 0) is 5.60 Å². The Labute approximate surface area is 108 Å². The molecular formula is C15H21NO2. The summed E-state index contributed by atoms with van der Waals surface area (Å²) in [6.45, 7) is 2.03. The lowest BCUT2D eigenvalue weighted by Gasteiger charge is -2.37. The van der Waals surface area contributed by atoms with Gasteiger partial charge >= 0.3 is 0 Å². The van der Waals surface area contributed by atoms with Gasteiger partial charge in [0.2, 0.25) is 0 Å². The van der Waals surface area contributed by atoms with Gasteiger partial charge in [0, 0.05) is 12.1 Å². The van der Waals surface area contributed by atoms with Crippen molar-refractivity contribution >= 4 is 0 Å². The molecule has 0 amide bonds. The molecule has 1 aromatic rings. The Morgan fingerprint density at radius 3 is 2.50 bits per heavy atom. The second-order valence-corrected chi connectivity index (χ2v) is 5.76. The summed E-state index contributed by atoms with van der Waals surface area (Å²) in [4.78, 5) is 0. The summed E-state index contributed by atoms with van der Waals surface area (Å²) >= 11 is 0. The summed E-state index contributed by atoms with van der Waals surface area (Å²) in [7, 11) is 1.68. The third kappa shape index (κ3) is 1.91. The zero-order valence-electron chi connectivity index (χ0n) is 11.1. The number of methoxy groups -OCH3 is 1. The first-order chi connectivity index (χ1) is 8.60. The monoisotopic (exact) mass is 247 g/mol. The van der Waals surface area contributed by atoms with Gasteiger partial charge in [-0.1, -0.05) is 6.07 Å². The van der Waals surface area contributed by atoms with E-state index in [4.69, 9.17) is 4.74 Å². The number of piperidine rings is 1. The minimum Gasteiger partial charge on any atom is -0.496 e. The second-order valence-electron chi connectivity index (χ2n) is 5.76. The van der Waals surface area contributed by atoms with E-state index in [1.807, 2.05) is 19.1 Å². The number of nitrogens with one attached hydrogen (secondary N) is 1. The molecule has 2 unspecified atom stereocenters. The van der Waals surface area contributed by atoms with Crippen LogP contribution >= 0.6 is 0 Å². The van der Waals surface area contributed by atoms with Crippen LogP contribution in [0.2, 0.25) is 0 Å². The number of hydrogen-bond donors (Lipinski definition) is 2. The summed E-state index contributed by atoms with van der Waals surface area (Å²) in [5.74, 6) is 0.888. The van der Waals surface area contributed by atoms with Crippen molar-refractivity contribution in [3.8, 4) is 5.75 Å². The highest BCUT2D eigenvalue weighted by Gasteiger charge is 2.43. The molecule has 2 heterocycles. The van der Waals surface area contributed by atoms with Crippen molar-refractivity contribution in [2.24, 2.45) is 0 Å². The normalized spacial score (nSPS) is 34.6. The van der Waals surface area contributed by atoms with Gasteiger partial charge in [0.1, 0.15) is 5.75 Å². The van der Waals surface area contributed by atoms with E-state index in [1.165, 1.54) is 12.8 Å². The first kappa shape index (κ1) is 12.0. The molecular weight excluding hydrogens is 226 g/mol. The number of ether oxygens (including phenoxy) is 1. The summed E-state index contributed by atoms with van der Waals surface area (Å²) in [6.07, 6.45) is 4.05. The summed E-state index contributed by atoms with van der Waals surface area (Å²) < 4.78 is 5.28. The molecule has 3 rings (SSSR count). The first-order valence-electron chi connectivity index (χ1n) is 6.74. The number of fused-ring (bicyclic) bond motifs is 2. The Morgan fingerprint density at radius 2 is 1.94 bits per heavy atom. The van der Waals surface area contributed by atoms with Gasteiger partial charge in [-0.2, -0.15) is 0 Å². The first-order valence-corrected chi connectivity index (χ1v) is 6.74. The third-order valence-corrected chi connectivity index (χ3v) is 4.44. The summed E-state index contributed by atoms with van der Waals surface area (Å²) in [6, 6.07) is 7.01. The molecule has 2 saturated heterocycles. The SMILES string of the molecule is COc1ccc(C2(O)CC3CCC(C2)N3)cc1C. The standard InChI is InChI=1S/C15H21NO2/c1-10-7-11(3-6-14(10)18-2)15(17)8-12-4-5-13(9-15)16-12/h3,6-7,12-13,16-17H,4-5,8-9H2,1-2H3. The Bertz CT molecular complexity index is 446. The van der Waals surface area contributed by atoms with Gasteiger partial charge in [-0.25, -0.2) is 0 Å². The molecule has 18 heavy (non-hydrogen) atoms. The predicted octanol–water partition coefficient (Wildman–Crippen LogP) is 2.11. The van der Waals surface area contributed by atoms with Gasteiger partial charge in [-0.05, 0) is 55.9 Å². The van der Waals surface area contributed by atoms with E-state index in [0.29, 0.717) is 12.1 Å². The maximum Gasteiger partial charge on any atom is 0.121 e. The van der Waals surface area contributed by atoms with Gasteiger partial charge < -0.3 is 15.2 Å². The third-order valence-electron chi connectivity index (χ3n) is 4.44. The highest BCUT2D eigenvalue weighted by atomic mass is 16.5. The average molecular weight is 247 g/mol. The van der Waals surface area contributed by atoms with Crippen molar-refractivity contribution in [3.63, 3.8) is 0 Å². The predicted molar refractivity (Wildman–Crippen MR) is 70.8 cm³/mol. The lowest BCUT2D eigenvalue weighted by molar-refractivity contribution is -0.0115. The van der Waals surface area contributed by atoms with Crippen molar-refractivity contribution in [2.45, 2.75) is 50.3 Å². The van der Waals surface area contributed by atoms with Crippen LogP contribution in [0.5, 0.6) is 5.75 Å². The fourth-order valence-electron chi connectivity index (χ4n) is 3.53. The Morgan fingerprint density at radius 1 is 1.28 bits per heavy atom.